The van der Waals surface area contributed by atoms with Gasteiger partial charge in [0.1, 0.15) is 0 Å². The molecule has 0 aliphatic carbocycles. The summed E-state index contributed by atoms with van der Waals surface area (Å²) in [7, 11) is 1.21. The van der Waals surface area contributed by atoms with E-state index in [0.29, 0.717) is 22.8 Å². The van der Waals surface area contributed by atoms with Crippen molar-refractivity contribution in [1.29, 1.82) is 0 Å². The molecule has 2 rings (SSSR count). The molecule has 0 saturated carbocycles. The monoisotopic (exact) mass is 394 g/mol. The molecule has 0 aliphatic heterocycles. The van der Waals surface area contributed by atoms with Crippen molar-refractivity contribution in [1.82, 2.24) is 19.8 Å². The third-order valence-corrected chi connectivity index (χ3v) is 5.54. The fourth-order valence-corrected chi connectivity index (χ4v) is 2.99. The van der Waals surface area contributed by atoms with Crippen LogP contribution in [0.2, 0.25) is 5.02 Å². The summed E-state index contributed by atoms with van der Waals surface area (Å²) >= 11 is 6.15. The van der Waals surface area contributed by atoms with Crippen LogP contribution in [0.15, 0.2) is 27.6 Å². The van der Waals surface area contributed by atoms with Crippen LogP contribution in [-0.4, -0.2) is 50.0 Å². The minimum atomic E-state index is -3.57. The van der Waals surface area contributed by atoms with Gasteiger partial charge in [0, 0.05) is 26.6 Å². The second kappa shape index (κ2) is 8.26. The lowest BCUT2D eigenvalue weighted by atomic mass is 10.2. The van der Waals surface area contributed by atoms with Crippen molar-refractivity contribution in [2.45, 2.75) is 24.3 Å². The molecule has 1 unspecified atom stereocenters. The molecule has 134 valence electrons. The van der Waals surface area contributed by atoms with Crippen LogP contribution in [0.4, 0.5) is 0 Å². The lowest BCUT2D eigenvalue weighted by Gasteiger charge is -2.12. The van der Waals surface area contributed by atoms with Gasteiger partial charge >= 0.3 is 0 Å². The lowest BCUT2D eigenvalue weighted by Crippen LogP contribution is -2.24. The number of benzene rings is 1. The Balaban J connectivity index is 0.00000288. The maximum Gasteiger partial charge on any atom is 0.259 e. The van der Waals surface area contributed by atoms with Gasteiger partial charge in [-0.15, -0.1) is 12.4 Å². The highest BCUT2D eigenvalue weighted by Crippen LogP contribution is 2.30. The molecular weight excluding hydrogens is 375 g/mol. The van der Waals surface area contributed by atoms with Gasteiger partial charge in [-0.25, -0.2) is 12.7 Å². The molecule has 1 heterocycles. The van der Waals surface area contributed by atoms with Crippen LogP contribution in [0.1, 0.15) is 12.7 Å². The first-order chi connectivity index (χ1) is 10.8. The first-order valence-corrected chi connectivity index (χ1v) is 8.79. The first-order valence-electron chi connectivity index (χ1n) is 6.98. The number of aromatic nitrogens is 2. The summed E-state index contributed by atoms with van der Waals surface area (Å²) in [5.41, 5.74) is 0.394. The van der Waals surface area contributed by atoms with Gasteiger partial charge in [-0.3, -0.25) is 0 Å². The van der Waals surface area contributed by atoms with Crippen molar-refractivity contribution >= 4 is 34.0 Å². The molecular formula is C14H20Cl2N4O3S. The van der Waals surface area contributed by atoms with Crippen LogP contribution < -0.4 is 5.32 Å². The topological polar surface area (TPSA) is 88.3 Å². The number of halogens is 2. The van der Waals surface area contributed by atoms with Crippen molar-refractivity contribution in [3.05, 3.63) is 29.0 Å². The van der Waals surface area contributed by atoms with Crippen molar-refractivity contribution in [2.75, 3.05) is 21.1 Å². The van der Waals surface area contributed by atoms with Gasteiger partial charge in [0.2, 0.25) is 10.0 Å². The maximum absolute atomic E-state index is 12.2. The number of nitrogens with one attached hydrogen (secondary N) is 1. The van der Waals surface area contributed by atoms with Crippen LogP contribution >= 0.6 is 24.0 Å². The SMILES string of the molecule is CNC(C)Cc1noc(-c2cc(S(=O)(=O)N(C)C)ccc2Cl)n1.Cl. The summed E-state index contributed by atoms with van der Waals surface area (Å²) in [6, 6.07) is 4.59. The fraction of sp³-hybridized carbons (Fsp3) is 0.429. The number of sulfonamides is 1. The van der Waals surface area contributed by atoms with Crippen molar-refractivity contribution in [3.63, 3.8) is 0 Å². The Morgan fingerprint density at radius 1 is 1.38 bits per heavy atom. The third-order valence-electron chi connectivity index (χ3n) is 3.40. The Morgan fingerprint density at radius 2 is 2.04 bits per heavy atom. The molecule has 0 spiro atoms. The molecule has 1 N–H and O–H groups in total. The largest absolute Gasteiger partial charge is 0.334 e. The Hall–Kier alpha value is -1.19. The Labute approximate surface area is 152 Å². The van der Waals surface area contributed by atoms with E-state index in [1.807, 2.05) is 14.0 Å². The molecule has 0 aliphatic rings. The van der Waals surface area contributed by atoms with Gasteiger partial charge in [-0.05, 0) is 32.2 Å². The second-order valence-corrected chi connectivity index (χ2v) is 7.90. The van der Waals surface area contributed by atoms with Gasteiger partial charge < -0.3 is 9.84 Å². The Morgan fingerprint density at radius 3 is 2.62 bits per heavy atom. The average Bonchev–Trinajstić information content (AvgIpc) is 2.95. The molecule has 0 bridgehead atoms. The number of rotatable bonds is 6. The maximum atomic E-state index is 12.2. The quantitative estimate of drug-likeness (QED) is 0.807. The van der Waals surface area contributed by atoms with Crippen LogP contribution in [0.25, 0.3) is 11.5 Å². The average molecular weight is 395 g/mol. The molecule has 1 aromatic heterocycles. The second-order valence-electron chi connectivity index (χ2n) is 5.34. The lowest BCUT2D eigenvalue weighted by molar-refractivity contribution is 0.418. The highest BCUT2D eigenvalue weighted by Gasteiger charge is 2.21. The van der Waals surface area contributed by atoms with E-state index in [-0.39, 0.29) is 29.2 Å². The van der Waals surface area contributed by atoms with Crippen LogP contribution in [0, 0.1) is 0 Å². The minimum absolute atomic E-state index is 0. The predicted octanol–water partition coefficient (Wildman–Crippen LogP) is 2.21. The van der Waals surface area contributed by atoms with Crippen molar-refractivity contribution in [2.24, 2.45) is 0 Å². The first kappa shape index (κ1) is 20.9. The summed E-state index contributed by atoms with van der Waals surface area (Å²) < 4.78 is 30.8. The summed E-state index contributed by atoms with van der Waals surface area (Å²) in [6.45, 7) is 1.99. The van der Waals surface area contributed by atoms with Gasteiger partial charge in [-0.1, -0.05) is 16.8 Å². The molecule has 1 aromatic carbocycles. The van der Waals surface area contributed by atoms with Gasteiger partial charge in [-0.2, -0.15) is 4.98 Å². The zero-order chi connectivity index (χ0) is 17.2. The highest BCUT2D eigenvalue weighted by atomic mass is 35.5. The fourth-order valence-electron chi connectivity index (χ4n) is 1.86. The molecule has 2 aromatic rings. The molecule has 10 heteroatoms. The summed E-state index contributed by atoms with van der Waals surface area (Å²) in [5.74, 6) is 0.725. The third kappa shape index (κ3) is 4.46. The van der Waals surface area contributed by atoms with E-state index in [9.17, 15) is 8.42 Å². The van der Waals surface area contributed by atoms with Crippen LogP contribution in [0.3, 0.4) is 0 Å². The van der Waals surface area contributed by atoms with E-state index in [0.717, 1.165) is 4.31 Å². The number of hydrogen-bond acceptors (Lipinski definition) is 6. The zero-order valence-corrected chi connectivity index (χ0v) is 16.2. The van der Waals surface area contributed by atoms with Crippen LogP contribution in [-0.2, 0) is 16.4 Å². The highest BCUT2D eigenvalue weighted by molar-refractivity contribution is 7.89. The Kier molecular flexibility index (Phi) is 7.18. The predicted molar refractivity (Wildman–Crippen MR) is 95.1 cm³/mol. The molecule has 0 radical (unpaired) electrons. The Bertz CT molecular complexity index is 793. The molecule has 1 atom stereocenters. The smallest absolute Gasteiger partial charge is 0.259 e. The van der Waals surface area contributed by atoms with Gasteiger partial charge in [0.15, 0.2) is 5.82 Å². The minimum Gasteiger partial charge on any atom is -0.334 e. The molecule has 7 nitrogen and oxygen atoms in total. The van der Waals surface area contributed by atoms with E-state index in [4.69, 9.17) is 16.1 Å². The van der Waals surface area contributed by atoms with Crippen LogP contribution in [0.5, 0.6) is 0 Å². The standard InChI is InChI=1S/C14H19ClN4O3S.ClH/c1-9(16-2)7-13-17-14(22-18-13)11-8-10(5-6-12(11)15)23(20,21)19(3)4;/h5-6,8-9,16H,7H2,1-4H3;1H. The zero-order valence-electron chi connectivity index (χ0n) is 13.8. The number of hydrogen-bond donors (Lipinski definition) is 1. The van der Waals surface area contributed by atoms with E-state index in [2.05, 4.69) is 15.5 Å². The normalized spacial score (nSPS) is 12.9. The molecule has 24 heavy (non-hydrogen) atoms. The van der Waals surface area contributed by atoms with Gasteiger partial charge in [0.25, 0.3) is 5.89 Å². The van der Waals surface area contributed by atoms with Gasteiger partial charge in [0.05, 0.1) is 15.5 Å². The van der Waals surface area contributed by atoms with Crippen molar-refractivity contribution < 1.29 is 12.9 Å². The van der Waals surface area contributed by atoms with E-state index < -0.39 is 10.0 Å². The van der Waals surface area contributed by atoms with E-state index in [1.165, 1.54) is 32.3 Å². The number of nitrogens with zero attached hydrogens (tertiary/aromatic N) is 3. The van der Waals surface area contributed by atoms with Crippen molar-refractivity contribution in [3.8, 4) is 11.5 Å². The molecule has 0 fully saturated rings. The number of likely N-dealkylation sites (N-methyl/N-ethyl adjacent to an activating group) is 1. The van der Waals surface area contributed by atoms with E-state index in [1.54, 1.807) is 0 Å². The summed E-state index contributed by atoms with van der Waals surface area (Å²) in [5, 5.41) is 7.33. The van der Waals surface area contributed by atoms with E-state index >= 15 is 0 Å². The molecule has 0 saturated heterocycles. The summed E-state index contributed by atoms with van der Waals surface area (Å²) in [6.07, 6.45) is 0.591. The summed E-state index contributed by atoms with van der Waals surface area (Å²) in [4.78, 5) is 4.40. The molecule has 0 amide bonds.